The third kappa shape index (κ3) is 1.80. The first-order chi connectivity index (χ1) is 8.25. The number of hydrogen-bond acceptors (Lipinski definition) is 4. The summed E-state index contributed by atoms with van der Waals surface area (Å²) in [6.07, 6.45) is 0.589. The Kier molecular flexibility index (Phi) is 2.18. The van der Waals surface area contributed by atoms with E-state index in [0.717, 1.165) is 5.56 Å². The molecule has 86 valence electrons. The minimum absolute atomic E-state index is 0.113. The van der Waals surface area contributed by atoms with Gasteiger partial charge >= 0.3 is 5.97 Å². The Morgan fingerprint density at radius 3 is 2.76 bits per heavy atom. The van der Waals surface area contributed by atoms with Crippen molar-refractivity contribution in [2.24, 2.45) is 5.92 Å². The van der Waals surface area contributed by atoms with Gasteiger partial charge in [-0.3, -0.25) is 4.79 Å². The van der Waals surface area contributed by atoms with E-state index in [2.05, 4.69) is 10.1 Å². The number of aromatic nitrogens is 2. The van der Waals surface area contributed by atoms with Crippen LogP contribution in [0.5, 0.6) is 0 Å². The van der Waals surface area contributed by atoms with Crippen LogP contribution in [0.2, 0.25) is 0 Å². The molecule has 0 bridgehead atoms. The highest BCUT2D eigenvalue weighted by Crippen LogP contribution is 2.47. The first kappa shape index (κ1) is 10.0. The Morgan fingerprint density at radius 2 is 2.12 bits per heavy atom. The van der Waals surface area contributed by atoms with Gasteiger partial charge in [0.1, 0.15) is 0 Å². The second kappa shape index (κ2) is 3.69. The number of carboxylic acids is 1. The van der Waals surface area contributed by atoms with Gasteiger partial charge < -0.3 is 9.63 Å². The van der Waals surface area contributed by atoms with E-state index in [0.29, 0.717) is 18.1 Å². The molecule has 0 aliphatic heterocycles. The van der Waals surface area contributed by atoms with Crippen LogP contribution in [0.25, 0.3) is 11.4 Å². The molecule has 1 saturated carbocycles. The van der Waals surface area contributed by atoms with Crippen LogP contribution in [0.1, 0.15) is 18.2 Å². The van der Waals surface area contributed by atoms with Gasteiger partial charge in [-0.15, -0.1) is 0 Å². The molecule has 1 aromatic carbocycles. The third-order valence-corrected chi connectivity index (χ3v) is 2.90. The van der Waals surface area contributed by atoms with Gasteiger partial charge in [-0.1, -0.05) is 35.5 Å². The van der Waals surface area contributed by atoms with Gasteiger partial charge in [-0.2, -0.15) is 4.98 Å². The fraction of sp³-hybridized carbons (Fsp3) is 0.250. The van der Waals surface area contributed by atoms with Crippen LogP contribution in [-0.4, -0.2) is 21.2 Å². The normalized spacial score (nSPS) is 22.4. The van der Waals surface area contributed by atoms with Crippen molar-refractivity contribution in [1.29, 1.82) is 0 Å². The van der Waals surface area contributed by atoms with Crippen molar-refractivity contribution in [3.05, 3.63) is 36.2 Å². The largest absolute Gasteiger partial charge is 0.481 e. The van der Waals surface area contributed by atoms with Crippen molar-refractivity contribution in [2.75, 3.05) is 0 Å². The van der Waals surface area contributed by atoms with E-state index in [4.69, 9.17) is 9.63 Å². The van der Waals surface area contributed by atoms with Crippen molar-refractivity contribution < 1.29 is 14.4 Å². The molecular weight excluding hydrogens is 220 g/mol. The second-order valence-corrected chi connectivity index (χ2v) is 4.11. The van der Waals surface area contributed by atoms with Gasteiger partial charge in [0.25, 0.3) is 0 Å². The van der Waals surface area contributed by atoms with Crippen molar-refractivity contribution >= 4 is 5.97 Å². The summed E-state index contributed by atoms with van der Waals surface area (Å²) in [6, 6.07) is 9.46. The number of carboxylic acid groups (broad SMARTS) is 1. The van der Waals surface area contributed by atoms with Crippen molar-refractivity contribution in [3.63, 3.8) is 0 Å². The van der Waals surface area contributed by atoms with Gasteiger partial charge in [0.15, 0.2) is 0 Å². The fourth-order valence-corrected chi connectivity index (χ4v) is 1.83. The van der Waals surface area contributed by atoms with Crippen LogP contribution >= 0.6 is 0 Å². The summed E-state index contributed by atoms with van der Waals surface area (Å²) in [6.45, 7) is 0. The highest BCUT2D eigenvalue weighted by Gasteiger charge is 2.48. The maximum Gasteiger partial charge on any atom is 0.307 e. The number of nitrogens with zero attached hydrogens (tertiary/aromatic N) is 2. The maximum atomic E-state index is 10.7. The fourth-order valence-electron chi connectivity index (χ4n) is 1.83. The van der Waals surface area contributed by atoms with Gasteiger partial charge in [-0.25, -0.2) is 0 Å². The van der Waals surface area contributed by atoms with E-state index >= 15 is 0 Å². The van der Waals surface area contributed by atoms with E-state index in [1.807, 2.05) is 30.3 Å². The number of aliphatic carboxylic acids is 1. The van der Waals surface area contributed by atoms with E-state index in [1.54, 1.807) is 0 Å². The van der Waals surface area contributed by atoms with Crippen LogP contribution < -0.4 is 0 Å². The highest BCUT2D eigenvalue weighted by atomic mass is 16.5. The molecule has 1 fully saturated rings. The van der Waals surface area contributed by atoms with Crippen LogP contribution in [0.3, 0.4) is 0 Å². The Hall–Kier alpha value is -2.17. The molecule has 2 unspecified atom stereocenters. The Labute approximate surface area is 97.1 Å². The van der Waals surface area contributed by atoms with Gasteiger partial charge in [0, 0.05) is 5.56 Å². The van der Waals surface area contributed by atoms with Crippen molar-refractivity contribution in [3.8, 4) is 11.4 Å². The average Bonchev–Trinajstić information content (AvgIpc) is 3.01. The summed E-state index contributed by atoms with van der Waals surface area (Å²) in [4.78, 5) is 15.0. The molecule has 0 saturated heterocycles. The predicted octanol–water partition coefficient (Wildman–Crippen LogP) is 1.92. The maximum absolute atomic E-state index is 10.7. The number of benzene rings is 1. The standard InChI is InChI=1S/C12H10N2O3/c15-12(16)9-6-8(9)11-13-10(14-17-11)7-4-2-1-3-5-7/h1-5,8-9H,6H2,(H,15,16). The highest BCUT2D eigenvalue weighted by molar-refractivity contribution is 5.74. The molecule has 1 aliphatic rings. The average molecular weight is 230 g/mol. The lowest BCUT2D eigenvalue weighted by Gasteiger charge is -1.90. The van der Waals surface area contributed by atoms with E-state index in [9.17, 15) is 4.79 Å². The quantitative estimate of drug-likeness (QED) is 0.871. The lowest BCUT2D eigenvalue weighted by atomic mass is 10.2. The van der Waals surface area contributed by atoms with Crippen molar-refractivity contribution in [1.82, 2.24) is 10.1 Å². The zero-order chi connectivity index (χ0) is 11.8. The summed E-state index contributed by atoms with van der Waals surface area (Å²) < 4.78 is 5.10. The molecule has 1 heterocycles. The molecule has 0 radical (unpaired) electrons. The first-order valence-corrected chi connectivity index (χ1v) is 5.37. The monoisotopic (exact) mass is 230 g/mol. The topological polar surface area (TPSA) is 76.2 Å². The zero-order valence-electron chi connectivity index (χ0n) is 8.91. The minimum atomic E-state index is -0.797. The van der Waals surface area contributed by atoms with E-state index in [1.165, 1.54) is 0 Å². The van der Waals surface area contributed by atoms with Crippen molar-refractivity contribution in [2.45, 2.75) is 12.3 Å². The van der Waals surface area contributed by atoms with Crippen LogP contribution in [0.4, 0.5) is 0 Å². The molecule has 1 aromatic heterocycles. The molecule has 0 spiro atoms. The third-order valence-electron chi connectivity index (χ3n) is 2.90. The minimum Gasteiger partial charge on any atom is -0.481 e. The summed E-state index contributed by atoms with van der Waals surface area (Å²) in [5.41, 5.74) is 0.870. The Balaban J connectivity index is 1.83. The number of hydrogen-bond donors (Lipinski definition) is 1. The number of rotatable bonds is 3. The van der Waals surface area contributed by atoms with Gasteiger partial charge in [-0.05, 0) is 6.42 Å². The summed E-state index contributed by atoms with van der Waals surface area (Å²) in [7, 11) is 0. The zero-order valence-corrected chi connectivity index (χ0v) is 8.91. The summed E-state index contributed by atoms with van der Waals surface area (Å²) in [5, 5.41) is 12.7. The lowest BCUT2D eigenvalue weighted by Crippen LogP contribution is -1.98. The van der Waals surface area contributed by atoms with Crippen LogP contribution in [-0.2, 0) is 4.79 Å². The molecule has 17 heavy (non-hydrogen) atoms. The first-order valence-electron chi connectivity index (χ1n) is 5.37. The summed E-state index contributed by atoms with van der Waals surface area (Å²) >= 11 is 0. The summed E-state index contributed by atoms with van der Waals surface area (Å²) in [5.74, 6) is -0.334. The predicted molar refractivity (Wildman–Crippen MR) is 58.2 cm³/mol. The SMILES string of the molecule is O=C(O)C1CC1c1nc(-c2ccccc2)no1. The lowest BCUT2D eigenvalue weighted by molar-refractivity contribution is -0.138. The smallest absolute Gasteiger partial charge is 0.307 e. The number of carbonyl (C=O) groups is 1. The molecule has 0 amide bonds. The molecule has 1 aliphatic carbocycles. The molecular formula is C12H10N2O3. The molecule has 5 heteroatoms. The Morgan fingerprint density at radius 1 is 1.35 bits per heavy atom. The van der Waals surface area contributed by atoms with Gasteiger partial charge in [0.2, 0.25) is 11.7 Å². The van der Waals surface area contributed by atoms with E-state index < -0.39 is 5.97 Å². The molecule has 3 rings (SSSR count). The van der Waals surface area contributed by atoms with Gasteiger partial charge in [0.05, 0.1) is 11.8 Å². The Bertz CT molecular complexity index is 550. The molecule has 1 N–H and O–H groups in total. The van der Waals surface area contributed by atoms with Crippen LogP contribution in [0, 0.1) is 5.92 Å². The van der Waals surface area contributed by atoms with Crippen LogP contribution in [0.15, 0.2) is 34.9 Å². The second-order valence-electron chi connectivity index (χ2n) is 4.11. The molecule has 2 aromatic rings. The van der Waals surface area contributed by atoms with E-state index in [-0.39, 0.29) is 11.8 Å². The molecule has 2 atom stereocenters. The molecule has 5 nitrogen and oxygen atoms in total.